The molecule has 2 N–H and O–H groups in total. The van der Waals surface area contributed by atoms with Crippen LogP contribution in [0.2, 0.25) is 0 Å². The van der Waals surface area contributed by atoms with Crippen LogP contribution in [-0.4, -0.2) is 31.8 Å². The standard InChI is InChI=1S/C22H47NO3S/c1-2-3-4-5-6-7-8-9-10-11-12-13-14-15-16-17-18-19-20-23-21-22-27(24,25)26/h23H,2-22H2,1H3,(H,24,25,26). The first-order valence-corrected chi connectivity index (χ1v) is 13.3. The van der Waals surface area contributed by atoms with E-state index in [1.165, 1.54) is 109 Å². The molecular formula is C22H47NO3S. The highest BCUT2D eigenvalue weighted by atomic mass is 32.2. The third-order valence-corrected chi connectivity index (χ3v) is 5.96. The highest BCUT2D eigenvalue weighted by Gasteiger charge is 2.02. The van der Waals surface area contributed by atoms with E-state index in [1.807, 2.05) is 0 Å². The number of hydrogen-bond acceptors (Lipinski definition) is 3. The van der Waals surface area contributed by atoms with Crippen LogP contribution in [0.5, 0.6) is 0 Å². The summed E-state index contributed by atoms with van der Waals surface area (Å²) in [6.07, 6.45) is 24.7. The predicted octanol–water partition coefficient (Wildman–Crippen LogP) is 6.51. The normalized spacial score (nSPS) is 11.9. The molecule has 0 fully saturated rings. The number of nitrogens with one attached hydrogen (secondary N) is 1. The third-order valence-electron chi connectivity index (χ3n) is 5.24. The second kappa shape index (κ2) is 20.6. The minimum atomic E-state index is -3.81. The van der Waals surface area contributed by atoms with Crippen LogP contribution in [-0.2, 0) is 10.1 Å². The van der Waals surface area contributed by atoms with E-state index >= 15 is 0 Å². The summed E-state index contributed by atoms with van der Waals surface area (Å²) in [6, 6.07) is 0. The summed E-state index contributed by atoms with van der Waals surface area (Å²) in [5, 5.41) is 3.06. The van der Waals surface area contributed by atoms with Gasteiger partial charge in [0.2, 0.25) is 0 Å². The average Bonchev–Trinajstić information content (AvgIpc) is 2.62. The maximum atomic E-state index is 10.5. The zero-order valence-corrected chi connectivity index (χ0v) is 18.8. The Balaban J connectivity index is 3.03. The van der Waals surface area contributed by atoms with Crippen LogP contribution in [0.4, 0.5) is 0 Å². The summed E-state index contributed by atoms with van der Waals surface area (Å²) >= 11 is 0. The molecule has 0 atom stereocenters. The van der Waals surface area contributed by atoms with Crippen LogP contribution in [0.3, 0.4) is 0 Å². The van der Waals surface area contributed by atoms with Gasteiger partial charge < -0.3 is 5.32 Å². The quantitative estimate of drug-likeness (QED) is 0.159. The second-order valence-electron chi connectivity index (χ2n) is 8.05. The van der Waals surface area contributed by atoms with Gasteiger partial charge in [-0.05, 0) is 13.0 Å². The molecule has 0 aliphatic rings. The van der Waals surface area contributed by atoms with Gasteiger partial charge in [0.1, 0.15) is 0 Å². The molecule has 0 saturated heterocycles. The van der Waals surface area contributed by atoms with E-state index in [1.54, 1.807) is 0 Å². The lowest BCUT2D eigenvalue weighted by Gasteiger charge is -2.05. The van der Waals surface area contributed by atoms with Crippen molar-refractivity contribution in [3.8, 4) is 0 Å². The zero-order valence-electron chi connectivity index (χ0n) is 18.0. The van der Waals surface area contributed by atoms with Gasteiger partial charge in [-0.2, -0.15) is 8.42 Å². The lowest BCUT2D eigenvalue weighted by molar-refractivity contribution is 0.479. The predicted molar refractivity (Wildman–Crippen MR) is 118 cm³/mol. The van der Waals surface area contributed by atoms with Gasteiger partial charge in [0.25, 0.3) is 10.1 Å². The molecule has 5 heteroatoms. The van der Waals surface area contributed by atoms with Crippen LogP contribution in [0.15, 0.2) is 0 Å². The Bertz CT molecular complexity index is 385. The lowest BCUT2D eigenvalue weighted by Crippen LogP contribution is -2.23. The number of unbranched alkanes of at least 4 members (excludes halogenated alkanes) is 17. The Morgan fingerprint density at radius 1 is 0.556 bits per heavy atom. The van der Waals surface area contributed by atoms with Crippen molar-refractivity contribution in [3.63, 3.8) is 0 Å². The summed E-state index contributed by atoms with van der Waals surface area (Å²) in [7, 11) is -3.81. The molecule has 0 aliphatic carbocycles. The van der Waals surface area contributed by atoms with E-state index in [2.05, 4.69) is 12.2 Å². The zero-order chi connectivity index (χ0) is 20.1. The van der Waals surface area contributed by atoms with E-state index < -0.39 is 10.1 Å². The fourth-order valence-electron chi connectivity index (χ4n) is 3.48. The van der Waals surface area contributed by atoms with Crippen molar-refractivity contribution in [2.75, 3.05) is 18.8 Å². The molecule has 4 nitrogen and oxygen atoms in total. The Morgan fingerprint density at radius 2 is 0.889 bits per heavy atom. The molecule has 0 radical (unpaired) electrons. The molecule has 0 aromatic carbocycles. The first-order chi connectivity index (χ1) is 13.1. The van der Waals surface area contributed by atoms with Crippen LogP contribution in [0, 0.1) is 0 Å². The van der Waals surface area contributed by atoms with E-state index in [0.717, 1.165) is 13.0 Å². The summed E-state index contributed by atoms with van der Waals surface area (Å²) in [5.74, 6) is -0.188. The van der Waals surface area contributed by atoms with E-state index in [4.69, 9.17) is 4.55 Å². The summed E-state index contributed by atoms with van der Waals surface area (Å²) in [5.41, 5.74) is 0. The summed E-state index contributed by atoms with van der Waals surface area (Å²) in [6.45, 7) is 3.46. The van der Waals surface area contributed by atoms with Gasteiger partial charge in [-0.25, -0.2) is 0 Å². The van der Waals surface area contributed by atoms with Gasteiger partial charge >= 0.3 is 0 Å². The number of rotatable bonds is 22. The summed E-state index contributed by atoms with van der Waals surface area (Å²) < 4.78 is 29.7. The Labute approximate surface area is 170 Å². The molecule has 0 aromatic rings. The van der Waals surface area contributed by atoms with Gasteiger partial charge in [-0.1, -0.05) is 116 Å². The van der Waals surface area contributed by atoms with Crippen LogP contribution in [0.25, 0.3) is 0 Å². The number of hydrogen-bond donors (Lipinski definition) is 2. The van der Waals surface area contributed by atoms with Crippen LogP contribution < -0.4 is 5.32 Å². The Hall–Kier alpha value is -0.130. The molecular weight excluding hydrogens is 358 g/mol. The first kappa shape index (κ1) is 26.9. The van der Waals surface area contributed by atoms with Gasteiger partial charge in [0.15, 0.2) is 0 Å². The minimum absolute atomic E-state index is 0.188. The molecule has 164 valence electrons. The molecule has 0 aromatic heterocycles. The molecule has 0 aliphatic heterocycles. The van der Waals surface area contributed by atoms with Crippen LogP contribution in [0.1, 0.15) is 122 Å². The van der Waals surface area contributed by atoms with Crippen molar-refractivity contribution in [2.45, 2.75) is 122 Å². The minimum Gasteiger partial charge on any atom is -0.316 e. The van der Waals surface area contributed by atoms with E-state index in [0.29, 0.717) is 6.54 Å². The molecule has 0 heterocycles. The van der Waals surface area contributed by atoms with Gasteiger partial charge in [-0.3, -0.25) is 4.55 Å². The van der Waals surface area contributed by atoms with Crippen molar-refractivity contribution >= 4 is 10.1 Å². The van der Waals surface area contributed by atoms with Gasteiger partial charge in [0.05, 0.1) is 5.75 Å². The largest absolute Gasteiger partial charge is 0.316 e. The molecule has 27 heavy (non-hydrogen) atoms. The Morgan fingerprint density at radius 3 is 1.22 bits per heavy atom. The highest BCUT2D eigenvalue weighted by molar-refractivity contribution is 7.85. The molecule has 0 bridgehead atoms. The monoisotopic (exact) mass is 405 g/mol. The fraction of sp³-hybridized carbons (Fsp3) is 1.00. The van der Waals surface area contributed by atoms with Crippen molar-refractivity contribution in [1.29, 1.82) is 0 Å². The van der Waals surface area contributed by atoms with Crippen molar-refractivity contribution < 1.29 is 13.0 Å². The first-order valence-electron chi connectivity index (χ1n) is 11.7. The molecule has 0 spiro atoms. The molecule has 0 rings (SSSR count). The van der Waals surface area contributed by atoms with Gasteiger partial charge in [0, 0.05) is 6.54 Å². The maximum Gasteiger partial charge on any atom is 0.266 e. The van der Waals surface area contributed by atoms with Crippen molar-refractivity contribution in [2.24, 2.45) is 0 Å². The third kappa shape index (κ3) is 25.9. The van der Waals surface area contributed by atoms with Crippen molar-refractivity contribution in [3.05, 3.63) is 0 Å². The Kier molecular flexibility index (Phi) is 20.5. The smallest absolute Gasteiger partial charge is 0.266 e. The molecule has 0 saturated carbocycles. The SMILES string of the molecule is CCCCCCCCCCCCCCCCCCCCNCCS(=O)(=O)O. The molecule has 0 unspecified atom stereocenters. The fourth-order valence-corrected chi connectivity index (χ4v) is 3.88. The van der Waals surface area contributed by atoms with E-state index in [9.17, 15) is 8.42 Å². The van der Waals surface area contributed by atoms with Crippen LogP contribution >= 0.6 is 0 Å². The maximum absolute atomic E-state index is 10.5. The average molecular weight is 406 g/mol. The second-order valence-corrected chi connectivity index (χ2v) is 9.62. The molecule has 0 amide bonds. The van der Waals surface area contributed by atoms with Gasteiger partial charge in [-0.15, -0.1) is 0 Å². The van der Waals surface area contributed by atoms with E-state index in [-0.39, 0.29) is 5.75 Å². The lowest BCUT2D eigenvalue weighted by atomic mass is 10.0. The van der Waals surface area contributed by atoms with Crippen molar-refractivity contribution in [1.82, 2.24) is 5.32 Å². The summed E-state index contributed by atoms with van der Waals surface area (Å²) in [4.78, 5) is 0. The topological polar surface area (TPSA) is 66.4 Å². The highest BCUT2D eigenvalue weighted by Crippen LogP contribution is 2.14.